The first-order chi connectivity index (χ1) is 14.2. The molecular weight excluding hydrogens is 405 g/mol. The molecular formula is C17H13F3N8O2. The average molecular weight is 418 g/mol. The maximum absolute atomic E-state index is 12.5. The molecule has 10 nitrogen and oxygen atoms in total. The first kappa shape index (κ1) is 20.3. The van der Waals surface area contributed by atoms with E-state index in [1.807, 2.05) is 6.07 Å². The summed E-state index contributed by atoms with van der Waals surface area (Å²) < 4.78 is 46.7. The number of nitrogens with two attached hydrogens (primary N) is 2. The van der Waals surface area contributed by atoms with Crippen LogP contribution in [0.1, 0.15) is 22.7 Å². The number of rotatable bonds is 3. The van der Waals surface area contributed by atoms with Gasteiger partial charge in [-0.05, 0) is 12.1 Å². The Kier molecular flexibility index (Phi) is 5.12. The number of methoxy groups -OCH3 is 1. The molecule has 0 radical (unpaired) electrons. The molecule has 3 rings (SSSR count). The van der Waals surface area contributed by atoms with Crippen molar-refractivity contribution in [3.8, 4) is 23.8 Å². The van der Waals surface area contributed by atoms with Crippen molar-refractivity contribution in [3.05, 3.63) is 34.9 Å². The molecule has 1 aliphatic heterocycles. The number of hydrogen-bond donors (Lipinski definition) is 4. The van der Waals surface area contributed by atoms with E-state index in [2.05, 4.69) is 25.3 Å². The van der Waals surface area contributed by atoms with Gasteiger partial charge >= 0.3 is 6.36 Å². The van der Waals surface area contributed by atoms with E-state index in [-0.39, 0.29) is 45.7 Å². The number of halogens is 3. The smallest absolute Gasteiger partial charge is 0.496 e. The van der Waals surface area contributed by atoms with Crippen molar-refractivity contribution in [2.45, 2.75) is 12.4 Å². The van der Waals surface area contributed by atoms with Crippen molar-refractivity contribution in [2.75, 3.05) is 23.9 Å². The molecule has 1 aromatic carbocycles. The Morgan fingerprint density at radius 1 is 1.27 bits per heavy atom. The van der Waals surface area contributed by atoms with E-state index in [0.717, 1.165) is 12.1 Å². The number of ether oxygens (including phenoxy) is 2. The van der Waals surface area contributed by atoms with Crippen LogP contribution >= 0.6 is 0 Å². The maximum atomic E-state index is 12.5. The first-order valence-electron chi connectivity index (χ1n) is 8.11. The number of aliphatic imine (C=N–C) groups is 1. The van der Waals surface area contributed by atoms with Gasteiger partial charge in [-0.25, -0.2) is 9.98 Å². The molecule has 1 aliphatic rings. The third-order valence-corrected chi connectivity index (χ3v) is 4.09. The second-order valence-corrected chi connectivity index (χ2v) is 5.85. The second kappa shape index (κ2) is 7.56. The van der Waals surface area contributed by atoms with Crippen LogP contribution in [-0.4, -0.2) is 24.4 Å². The molecule has 0 saturated carbocycles. The highest BCUT2D eigenvalue weighted by atomic mass is 19.4. The Labute approximate surface area is 167 Å². The lowest BCUT2D eigenvalue weighted by Crippen LogP contribution is -2.32. The van der Waals surface area contributed by atoms with Crippen LogP contribution in [0.25, 0.3) is 0 Å². The van der Waals surface area contributed by atoms with E-state index in [1.54, 1.807) is 6.19 Å². The number of alkyl halides is 3. The normalized spacial score (nSPS) is 15.0. The molecule has 0 fully saturated rings. The molecule has 0 amide bonds. The third-order valence-electron chi connectivity index (χ3n) is 4.09. The third kappa shape index (κ3) is 3.77. The fourth-order valence-corrected chi connectivity index (χ4v) is 2.92. The van der Waals surface area contributed by atoms with E-state index in [0.29, 0.717) is 0 Å². The highest BCUT2D eigenvalue weighted by molar-refractivity contribution is 5.98. The topological polar surface area (TPSA) is 167 Å². The van der Waals surface area contributed by atoms with Crippen molar-refractivity contribution >= 4 is 23.3 Å². The number of pyridine rings is 1. The molecule has 13 heteroatoms. The minimum atomic E-state index is -4.89. The number of nitrogens with zero attached hydrogens (tertiary/aromatic N) is 4. The summed E-state index contributed by atoms with van der Waals surface area (Å²) in [4.78, 5) is 8.42. The van der Waals surface area contributed by atoms with Gasteiger partial charge in [0.25, 0.3) is 0 Å². The lowest BCUT2D eigenvalue weighted by Gasteiger charge is -2.27. The van der Waals surface area contributed by atoms with Crippen LogP contribution in [0.2, 0.25) is 0 Å². The van der Waals surface area contributed by atoms with Crippen molar-refractivity contribution in [1.29, 1.82) is 10.5 Å². The van der Waals surface area contributed by atoms with Gasteiger partial charge in [-0.2, -0.15) is 10.5 Å². The summed E-state index contributed by atoms with van der Waals surface area (Å²) in [7, 11) is 1.25. The van der Waals surface area contributed by atoms with Gasteiger partial charge in [-0.3, -0.25) is 5.32 Å². The summed E-state index contributed by atoms with van der Waals surface area (Å²) in [5, 5.41) is 23.3. The van der Waals surface area contributed by atoms with Gasteiger partial charge in [0.1, 0.15) is 40.8 Å². The van der Waals surface area contributed by atoms with Crippen LogP contribution in [-0.2, 0) is 0 Å². The second-order valence-electron chi connectivity index (χ2n) is 5.85. The molecule has 0 spiro atoms. The van der Waals surface area contributed by atoms with Crippen LogP contribution in [0, 0.1) is 22.8 Å². The lowest BCUT2D eigenvalue weighted by atomic mass is 9.94. The molecule has 1 aromatic heterocycles. The number of nitriles is 2. The van der Waals surface area contributed by atoms with Crippen molar-refractivity contribution < 1.29 is 22.6 Å². The fourth-order valence-electron chi connectivity index (χ4n) is 2.92. The Morgan fingerprint density at radius 3 is 2.60 bits per heavy atom. The molecule has 1 unspecified atom stereocenters. The number of fused-ring (bicyclic) bond motifs is 1. The Hall–Kier alpha value is -4.39. The molecule has 154 valence electrons. The molecule has 1 atom stereocenters. The van der Waals surface area contributed by atoms with E-state index < -0.39 is 18.2 Å². The largest absolute Gasteiger partial charge is 0.573 e. The SMILES string of the molecule is COc1cc(OC(F)(F)F)ccc1C1N=C(NC#N)Nc2nc(N)c(C#N)c(N)c21. The van der Waals surface area contributed by atoms with Gasteiger partial charge in [0.15, 0.2) is 6.19 Å². The van der Waals surface area contributed by atoms with Gasteiger partial charge in [-0.15, -0.1) is 13.2 Å². The summed E-state index contributed by atoms with van der Waals surface area (Å²) in [5.74, 6) is -0.524. The van der Waals surface area contributed by atoms with Crippen molar-refractivity contribution in [1.82, 2.24) is 10.3 Å². The highest BCUT2D eigenvalue weighted by Gasteiger charge is 2.34. The van der Waals surface area contributed by atoms with Gasteiger partial charge < -0.3 is 26.3 Å². The minimum absolute atomic E-state index is 0.00407. The zero-order valence-electron chi connectivity index (χ0n) is 15.2. The summed E-state index contributed by atoms with van der Waals surface area (Å²) in [6.45, 7) is 0. The first-order valence-corrected chi connectivity index (χ1v) is 8.11. The molecule has 0 saturated heterocycles. The lowest BCUT2D eigenvalue weighted by molar-refractivity contribution is -0.274. The van der Waals surface area contributed by atoms with Crippen LogP contribution in [0.15, 0.2) is 23.2 Å². The molecule has 0 bridgehead atoms. The number of hydrogen-bond acceptors (Lipinski definition) is 10. The van der Waals surface area contributed by atoms with Crippen molar-refractivity contribution in [2.24, 2.45) is 4.99 Å². The number of benzene rings is 1. The maximum Gasteiger partial charge on any atom is 0.573 e. The van der Waals surface area contributed by atoms with Crippen LogP contribution < -0.4 is 31.6 Å². The minimum Gasteiger partial charge on any atom is -0.496 e. The van der Waals surface area contributed by atoms with E-state index in [1.165, 1.54) is 13.2 Å². The standard InChI is InChI=1S/C17H13F3N8O2/c1-29-10-4-7(30-17(18,19)20)2-3-8(10)13-11-12(23)9(5-21)14(24)27-15(11)28-16(26-13)25-6-22/h2-4,13H,1H3,(H6,23,24,25,26,27,28). The Morgan fingerprint density at radius 2 is 2.00 bits per heavy atom. The molecule has 6 N–H and O–H groups in total. The predicted molar refractivity (Wildman–Crippen MR) is 99.1 cm³/mol. The van der Waals surface area contributed by atoms with E-state index >= 15 is 0 Å². The summed E-state index contributed by atoms with van der Waals surface area (Å²) >= 11 is 0. The predicted octanol–water partition coefficient (Wildman–Crippen LogP) is 1.97. The zero-order chi connectivity index (χ0) is 22.1. The quantitative estimate of drug-likeness (QED) is 0.430. The molecule has 2 heterocycles. The number of guanidine groups is 1. The summed E-state index contributed by atoms with van der Waals surface area (Å²) in [6.07, 6.45) is -3.19. The molecule has 2 aromatic rings. The Balaban J connectivity index is 2.20. The van der Waals surface area contributed by atoms with Crippen LogP contribution in [0.3, 0.4) is 0 Å². The number of anilines is 3. The van der Waals surface area contributed by atoms with Gasteiger partial charge in [0, 0.05) is 17.2 Å². The molecule has 30 heavy (non-hydrogen) atoms. The van der Waals surface area contributed by atoms with Gasteiger partial charge in [0.2, 0.25) is 5.96 Å². The van der Waals surface area contributed by atoms with Crippen molar-refractivity contribution in [3.63, 3.8) is 0 Å². The molecule has 0 aliphatic carbocycles. The number of aromatic nitrogens is 1. The van der Waals surface area contributed by atoms with Crippen LogP contribution in [0.5, 0.6) is 11.5 Å². The summed E-state index contributed by atoms with van der Waals surface area (Å²) in [5.41, 5.74) is 12.3. The monoisotopic (exact) mass is 418 g/mol. The number of nitrogen functional groups attached to an aromatic ring is 2. The van der Waals surface area contributed by atoms with Gasteiger partial charge in [-0.1, -0.05) is 0 Å². The number of nitrogens with one attached hydrogen (secondary N) is 2. The van der Waals surface area contributed by atoms with Gasteiger partial charge in [0.05, 0.1) is 12.8 Å². The van der Waals surface area contributed by atoms with E-state index in [9.17, 15) is 18.4 Å². The summed E-state index contributed by atoms with van der Waals surface area (Å²) in [6, 6.07) is 4.28. The van der Waals surface area contributed by atoms with Crippen LogP contribution in [0.4, 0.5) is 30.5 Å². The zero-order valence-corrected chi connectivity index (χ0v) is 15.2. The Bertz CT molecular complexity index is 1120. The van der Waals surface area contributed by atoms with E-state index in [4.69, 9.17) is 21.5 Å². The fraction of sp³-hybridized carbons (Fsp3) is 0.176. The highest BCUT2D eigenvalue weighted by Crippen LogP contribution is 2.44. The average Bonchev–Trinajstić information content (AvgIpc) is 2.66.